The van der Waals surface area contributed by atoms with Gasteiger partial charge in [0.15, 0.2) is 0 Å². The SMILES string of the molecule is CC(C)(C)c1ccc(NC(=O)CCCc2cccs2)cc1. The van der Waals surface area contributed by atoms with Crippen LogP contribution in [0.2, 0.25) is 0 Å². The molecule has 1 amide bonds. The summed E-state index contributed by atoms with van der Waals surface area (Å²) in [5, 5.41) is 5.04. The van der Waals surface area contributed by atoms with E-state index in [4.69, 9.17) is 0 Å². The van der Waals surface area contributed by atoms with Gasteiger partial charge in [-0.05, 0) is 47.4 Å². The second-order valence-corrected chi connectivity index (χ2v) is 7.34. The first kappa shape index (κ1) is 15.8. The Labute approximate surface area is 131 Å². The van der Waals surface area contributed by atoms with Crippen LogP contribution < -0.4 is 5.32 Å². The van der Waals surface area contributed by atoms with E-state index in [2.05, 4.69) is 55.7 Å². The van der Waals surface area contributed by atoms with Crippen LogP contribution in [0.3, 0.4) is 0 Å². The van der Waals surface area contributed by atoms with Gasteiger partial charge in [0.1, 0.15) is 0 Å². The molecule has 2 nitrogen and oxygen atoms in total. The number of nitrogens with one attached hydrogen (secondary N) is 1. The molecular formula is C18H23NOS. The van der Waals surface area contributed by atoms with Crippen molar-refractivity contribution in [1.29, 1.82) is 0 Å². The first-order valence-electron chi connectivity index (χ1n) is 7.38. The van der Waals surface area contributed by atoms with E-state index in [0.717, 1.165) is 18.5 Å². The van der Waals surface area contributed by atoms with E-state index < -0.39 is 0 Å². The molecular weight excluding hydrogens is 278 g/mol. The van der Waals surface area contributed by atoms with E-state index in [1.165, 1.54) is 10.4 Å². The van der Waals surface area contributed by atoms with Crippen LogP contribution in [0.15, 0.2) is 41.8 Å². The molecule has 2 aromatic rings. The molecule has 0 saturated heterocycles. The van der Waals surface area contributed by atoms with E-state index in [1.807, 2.05) is 12.1 Å². The van der Waals surface area contributed by atoms with Gasteiger partial charge in [0.05, 0.1) is 0 Å². The first-order chi connectivity index (χ1) is 9.95. The molecule has 0 saturated carbocycles. The summed E-state index contributed by atoms with van der Waals surface area (Å²) in [5.74, 6) is 0.0927. The van der Waals surface area contributed by atoms with Crippen molar-refractivity contribution >= 4 is 22.9 Å². The molecule has 0 aliphatic rings. The zero-order chi connectivity index (χ0) is 15.3. The van der Waals surface area contributed by atoms with Crippen LogP contribution in [0.1, 0.15) is 44.1 Å². The lowest BCUT2D eigenvalue weighted by Gasteiger charge is -2.19. The number of carbonyl (C=O) groups is 1. The van der Waals surface area contributed by atoms with Crippen molar-refractivity contribution in [3.8, 4) is 0 Å². The molecule has 1 heterocycles. The summed E-state index contributed by atoms with van der Waals surface area (Å²) < 4.78 is 0. The second-order valence-electron chi connectivity index (χ2n) is 6.31. The van der Waals surface area contributed by atoms with Crippen molar-refractivity contribution in [2.75, 3.05) is 5.32 Å². The second kappa shape index (κ2) is 6.90. The molecule has 2 rings (SSSR count). The van der Waals surface area contributed by atoms with Gasteiger partial charge in [-0.3, -0.25) is 4.79 Å². The molecule has 3 heteroatoms. The maximum absolute atomic E-state index is 11.9. The van der Waals surface area contributed by atoms with Gasteiger partial charge in [-0.25, -0.2) is 0 Å². The molecule has 0 unspecified atom stereocenters. The van der Waals surface area contributed by atoms with Crippen LogP contribution in [0.4, 0.5) is 5.69 Å². The minimum Gasteiger partial charge on any atom is -0.326 e. The molecule has 0 spiro atoms. The number of hydrogen-bond donors (Lipinski definition) is 1. The fraction of sp³-hybridized carbons (Fsp3) is 0.389. The van der Waals surface area contributed by atoms with Gasteiger partial charge < -0.3 is 5.32 Å². The maximum atomic E-state index is 11.9. The van der Waals surface area contributed by atoms with Crippen LogP contribution >= 0.6 is 11.3 Å². The number of anilines is 1. The smallest absolute Gasteiger partial charge is 0.224 e. The summed E-state index contributed by atoms with van der Waals surface area (Å²) >= 11 is 1.75. The summed E-state index contributed by atoms with van der Waals surface area (Å²) in [6.45, 7) is 6.56. The van der Waals surface area contributed by atoms with Crippen LogP contribution in [-0.4, -0.2) is 5.91 Å². The van der Waals surface area contributed by atoms with Gasteiger partial charge in [-0.1, -0.05) is 39.0 Å². The highest BCUT2D eigenvalue weighted by molar-refractivity contribution is 7.09. The molecule has 1 N–H and O–H groups in total. The van der Waals surface area contributed by atoms with E-state index in [1.54, 1.807) is 11.3 Å². The molecule has 0 aliphatic heterocycles. The standard InChI is InChI=1S/C18H23NOS/c1-18(2,3)14-9-11-15(12-10-14)19-17(20)8-4-6-16-7-5-13-21-16/h5,7,9-13H,4,6,8H2,1-3H3,(H,19,20). The van der Waals surface area contributed by atoms with Gasteiger partial charge in [0.25, 0.3) is 0 Å². The van der Waals surface area contributed by atoms with Crippen molar-refractivity contribution in [3.63, 3.8) is 0 Å². The van der Waals surface area contributed by atoms with Crippen LogP contribution in [0.25, 0.3) is 0 Å². The van der Waals surface area contributed by atoms with Crippen LogP contribution in [-0.2, 0) is 16.6 Å². The molecule has 21 heavy (non-hydrogen) atoms. The number of hydrogen-bond acceptors (Lipinski definition) is 2. The van der Waals surface area contributed by atoms with Gasteiger partial charge in [-0.2, -0.15) is 0 Å². The quantitative estimate of drug-likeness (QED) is 0.826. The molecule has 0 atom stereocenters. The summed E-state index contributed by atoms with van der Waals surface area (Å²) in [4.78, 5) is 13.3. The monoisotopic (exact) mass is 301 g/mol. The molecule has 112 valence electrons. The highest BCUT2D eigenvalue weighted by atomic mass is 32.1. The van der Waals surface area contributed by atoms with Crippen molar-refractivity contribution in [2.24, 2.45) is 0 Å². The largest absolute Gasteiger partial charge is 0.326 e. The third-order valence-corrected chi connectivity index (χ3v) is 4.38. The summed E-state index contributed by atoms with van der Waals surface area (Å²) in [7, 11) is 0. The number of benzene rings is 1. The number of carbonyl (C=O) groups excluding carboxylic acids is 1. The lowest BCUT2D eigenvalue weighted by atomic mass is 9.87. The maximum Gasteiger partial charge on any atom is 0.224 e. The Hall–Kier alpha value is -1.61. The third kappa shape index (κ3) is 5.01. The minimum absolute atomic E-state index is 0.0927. The van der Waals surface area contributed by atoms with Crippen molar-refractivity contribution in [2.45, 2.75) is 45.4 Å². The molecule has 0 bridgehead atoms. The van der Waals surface area contributed by atoms with E-state index in [-0.39, 0.29) is 11.3 Å². The fourth-order valence-corrected chi connectivity index (χ4v) is 2.91. The third-order valence-electron chi connectivity index (χ3n) is 3.44. The molecule has 0 fully saturated rings. The first-order valence-corrected chi connectivity index (χ1v) is 8.26. The van der Waals surface area contributed by atoms with Gasteiger partial charge >= 0.3 is 0 Å². The number of thiophene rings is 1. The molecule has 1 aromatic heterocycles. The molecule has 1 aromatic carbocycles. The zero-order valence-electron chi connectivity index (χ0n) is 13.0. The Morgan fingerprint density at radius 2 is 1.86 bits per heavy atom. The average Bonchev–Trinajstić information content (AvgIpc) is 2.91. The predicted octanol–water partition coefficient (Wildman–Crippen LogP) is 5.01. The van der Waals surface area contributed by atoms with Crippen LogP contribution in [0.5, 0.6) is 0 Å². The number of aryl methyl sites for hydroxylation is 1. The summed E-state index contributed by atoms with van der Waals surface area (Å²) in [5.41, 5.74) is 2.30. The highest BCUT2D eigenvalue weighted by Gasteiger charge is 2.13. The fourth-order valence-electron chi connectivity index (χ4n) is 2.16. The van der Waals surface area contributed by atoms with Crippen molar-refractivity contribution < 1.29 is 4.79 Å². The van der Waals surface area contributed by atoms with E-state index in [9.17, 15) is 4.79 Å². The summed E-state index contributed by atoms with van der Waals surface area (Å²) in [6, 6.07) is 12.3. The Morgan fingerprint density at radius 1 is 1.14 bits per heavy atom. The van der Waals surface area contributed by atoms with Crippen LogP contribution in [0, 0.1) is 0 Å². The Morgan fingerprint density at radius 3 is 2.43 bits per heavy atom. The zero-order valence-corrected chi connectivity index (χ0v) is 13.8. The summed E-state index contributed by atoms with van der Waals surface area (Å²) in [6.07, 6.45) is 2.44. The Bertz CT molecular complexity index is 564. The number of rotatable bonds is 5. The Kier molecular flexibility index (Phi) is 5.18. The lowest BCUT2D eigenvalue weighted by molar-refractivity contribution is -0.116. The lowest BCUT2D eigenvalue weighted by Crippen LogP contribution is -2.13. The average molecular weight is 301 g/mol. The van der Waals surface area contributed by atoms with E-state index in [0.29, 0.717) is 6.42 Å². The predicted molar refractivity (Wildman–Crippen MR) is 91.0 cm³/mol. The molecule has 0 aliphatic carbocycles. The van der Waals surface area contributed by atoms with Gasteiger partial charge in [0, 0.05) is 17.0 Å². The Balaban J connectivity index is 1.79. The minimum atomic E-state index is 0.0927. The van der Waals surface area contributed by atoms with Gasteiger partial charge in [-0.15, -0.1) is 11.3 Å². The topological polar surface area (TPSA) is 29.1 Å². The highest BCUT2D eigenvalue weighted by Crippen LogP contribution is 2.23. The van der Waals surface area contributed by atoms with Crippen molar-refractivity contribution in [3.05, 3.63) is 52.2 Å². The van der Waals surface area contributed by atoms with Gasteiger partial charge in [0.2, 0.25) is 5.91 Å². The number of amides is 1. The molecule has 0 radical (unpaired) electrons. The van der Waals surface area contributed by atoms with Crippen molar-refractivity contribution in [1.82, 2.24) is 0 Å². The van der Waals surface area contributed by atoms with E-state index >= 15 is 0 Å². The normalized spacial score (nSPS) is 11.4.